The molecule has 0 radical (unpaired) electrons. The molecule has 0 spiro atoms. The van der Waals surface area contributed by atoms with Crippen molar-refractivity contribution < 1.29 is 19.7 Å². The summed E-state index contributed by atoms with van der Waals surface area (Å²) in [7, 11) is 0. The van der Waals surface area contributed by atoms with E-state index < -0.39 is 6.10 Å². The predicted octanol–water partition coefficient (Wildman–Crippen LogP) is 2.08. The van der Waals surface area contributed by atoms with E-state index in [2.05, 4.69) is 20.4 Å². The van der Waals surface area contributed by atoms with Crippen molar-refractivity contribution in [3.8, 4) is 17.0 Å². The van der Waals surface area contributed by atoms with Crippen LogP contribution in [0.2, 0.25) is 0 Å². The zero-order valence-corrected chi connectivity index (χ0v) is 16.8. The van der Waals surface area contributed by atoms with E-state index in [0.29, 0.717) is 34.3 Å². The van der Waals surface area contributed by atoms with Crippen LogP contribution in [-0.4, -0.2) is 55.0 Å². The zero-order chi connectivity index (χ0) is 21.8. The van der Waals surface area contributed by atoms with Crippen LogP contribution in [0.5, 0.6) is 5.75 Å². The van der Waals surface area contributed by atoms with E-state index in [9.17, 15) is 9.90 Å². The van der Waals surface area contributed by atoms with Crippen LogP contribution in [0.4, 0.5) is 5.82 Å². The summed E-state index contributed by atoms with van der Waals surface area (Å²) in [5, 5.41) is 25.8. The maximum Gasteiger partial charge on any atom is 0.277 e. The van der Waals surface area contributed by atoms with E-state index in [0.717, 1.165) is 5.56 Å². The maximum atomic E-state index is 12.9. The molecule has 158 valence electrons. The number of aryl methyl sites for hydroxylation is 1. The molecule has 9 nitrogen and oxygen atoms in total. The largest absolute Gasteiger partial charge is 0.491 e. The molecule has 3 heterocycles. The summed E-state index contributed by atoms with van der Waals surface area (Å²) in [4.78, 5) is 21.4. The third-order valence-corrected chi connectivity index (χ3v) is 4.56. The molecule has 0 aliphatic rings. The van der Waals surface area contributed by atoms with Crippen molar-refractivity contribution >= 4 is 17.4 Å². The lowest BCUT2D eigenvalue weighted by atomic mass is 10.1. The Morgan fingerprint density at radius 3 is 2.84 bits per heavy atom. The van der Waals surface area contributed by atoms with Gasteiger partial charge in [0.1, 0.15) is 24.3 Å². The summed E-state index contributed by atoms with van der Waals surface area (Å²) in [5.74, 6) is 0.609. The first-order valence-corrected chi connectivity index (χ1v) is 9.66. The van der Waals surface area contributed by atoms with Crippen LogP contribution >= 0.6 is 0 Å². The average molecular weight is 419 g/mol. The highest BCUT2D eigenvalue weighted by Crippen LogP contribution is 2.24. The molecule has 4 aromatic rings. The van der Waals surface area contributed by atoms with E-state index in [1.807, 2.05) is 12.1 Å². The number of nitrogens with one attached hydrogen (secondary N) is 1. The second kappa shape index (κ2) is 8.90. The molecule has 3 N–H and O–H groups in total. The van der Waals surface area contributed by atoms with Gasteiger partial charge in [-0.2, -0.15) is 5.10 Å². The van der Waals surface area contributed by atoms with Crippen LogP contribution in [0.15, 0.2) is 60.8 Å². The summed E-state index contributed by atoms with van der Waals surface area (Å²) >= 11 is 0. The van der Waals surface area contributed by atoms with Gasteiger partial charge in [0.05, 0.1) is 18.0 Å². The van der Waals surface area contributed by atoms with Gasteiger partial charge in [0.15, 0.2) is 11.3 Å². The summed E-state index contributed by atoms with van der Waals surface area (Å²) in [6.07, 6.45) is 0.648. The fraction of sp³-hybridized carbons (Fsp3) is 0.182. The van der Waals surface area contributed by atoms with Crippen molar-refractivity contribution in [3.63, 3.8) is 0 Å². The van der Waals surface area contributed by atoms with Gasteiger partial charge in [-0.25, -0.2) is 14.5 Å². The second-order valence-corrected chi connectivity index (χ2v) is 6.88. The van der Waals surface area contributed by atoms with Crippen molar-refractivity contribution in [1.82, 2.24) is 19.6 Å². The molecule has 31 heavy (non-hydrogen) atoms. The number of fused-ring (bicyclic) bond motifs is 1. The molecule has 1 unspecified atom stereocenters. The zero-order valence-electron chi connectivity index (χ0n) is 16.8. The molecule has 9 heteroatoms. The Morgan fingerprint density at radius 2 is 2.06 bits per heavy atom. The van der Waals surface area contributed by atoms with Gasteiger partial charge in [-0.3, -0.25) is 4.79 Å². The average Bonchev–Trinajstić information content (AvgIpc) is 3.13. The van der Waals surface area contributed by atoms with E-state index >= 15 is 0 Å². The van der Waals surface area contributed by atoms with Gasteiger partial charge in [0.2, 0.25) is 0 Å². The smallest absolute Gasteiger partial charge is 0.277 e. The lowest BCUT2D eigenvalue weighted by Crippen LogP contribution is -2.21. The monoisotopic (exact) mass is 419 g/mol. The van der Waals surface area contributed by atoms with Crippen molar-refractivity contribution in [2.75, 3.05) is 18.5 Å². The first kappa shape index (κ1) is 20.5. The molecule has 3 aromatic heterocycles. The SMILES string of the molecule is Cc1nc2ccc(-c3cccc(OCC(O)CO)c3)nn2c1C(=O)Nc1ccccn1. The van der Waals surface area contributed by atoms with Crippen LogP contribution < -0.4 is 10.1 Å². The normalized spacial score (nSPS) is 12.0. The Bertz CT molecular complexity index is 1210. The number of aromatic nitrogens is 4. The molecular formula is C22H21N5O4. The highest BCUT2D eigenvalue weighted by atomic mass is 16.5. The van der Waals surface area contributed by atoms with Crippen molar-refractivity contribution in [1.29, 1.82) is 0 Å². The Labute approximate surface area is 178 Å². The molecule has 1 aromatic carbocycles. The summed E-state index contributed by atoms with van der Waals surface area (Å²) in [6.45, 7) is 1.36. The van der Waals surface area contributed by atoms with Gasteiger partial charge in [-0.1, -0.05) is 18.2 Å². The minimum absolute atomic E-state index is 0.0228. The molecular weight excluding hydrogens is 398 g/mol. The number of aliphatic hydroxyl groups excluding tert-OH is 2. The van der Waals surface area contributed by atoms with Crippen molar-refractivity contribution in [3.05, 3.63) is 72.2 Å². The van der Waals surface area contributed by atoms with Gasteiger partial charge in [-0.05, 0) is 43.3 Å². The molecule has 0 aliphatic heterocycles. The molecule has 4 rings (SSSR count). The topological polar surface area (TPSA) is 122 Å². The standard InChI is InChI=1S/C22H21N5O4/c1-14-21(22(30)25-19-7-2-3-10-23-19)27-20(24-14)9-8-18(26-27)15-5-4-6-17(11-15)31-13-16(29)12-28/h2-11,16,28-29H,12-13H2,1H3,(H,23,25,30). The summed E-state index contributed by atoms with van der Waals surface area (Å²) in [5.41, 5.74) is 2.80. The van der Waals surface area contributed by atoms with Gasteiger partial charge >= 0.3 is 0 Å². The first-order valence-electron chi connectivity index (χ1n) is 9.66. The number of pyridine rings is 1. The van der Waals surface area contributed by atoms with Crippen molar-refractivity contribution in [2.45, 2.75) is 13.0 Å². The number of hydrogen-bond donors (Lipinski definition) is 3. The number of imidazole rings is 1. The Kier molecular flexibility index (Phi) is 5.87. The molecule has 1 atom stereocenters. The summed E-state index contributed by atoms with van der Waals surface area (Å²) < 4.78 is 7.02. The number of carbonyl (C=O) groups is 1. The lowest BCUT2D eigenvalue weighted by Gasteiger charge is -2.11. The number of rotatable bonds is 7. The number of hydrogen-bond acceptors (Lipinski definition) is 7. The second-order valence-electron chi connectivity index (χ2n) is 6.88. The van der Waals surface area contributed by atoms with E-state index in [4.69, 9.17) is 9.84 Å². The fourth-order valence-corrected chi connectivity index (χ4v) is 3.06. The number of benzene rings is 1. The fourth-order valence-electron chi connectivity index (χ4n) is 3.06. The molecule has 1 amide bonds. The summed E-state index contributed by atoms with van der Waals surface area (Å²) in [6, 6.07) is 16.0. The number of aliphatic hydroxyl groups is 2. The number of anilines is 1. The van der Waals surface area contributed by atoms with Crippen LogP contribution in [0.25, 0.3) is 16.9 Å². The predicted molar refractivity (Wildman–Crippen MR) is 114 cm³/mol. The number of ether oxygens (including phenoxy) is 1. The molecule has 0 saturated heterocycles. The quantitative estimate of drug-likeness (QED) is 0.419. The molecule has 0 bridgehead atoms. The Morgan fingerprint density at radius 1 is 1.19 bits per heavy atom. The van der Waals surface area contributed by atoms with Crippen LogP contribution in [0, 0.1) is 6.92 Å². The van der Waals surface area contributed by atoms with Crippen molar-refractivity contribution in [2.24, 2.45) is 0 Å². The van der Waals surface area contributed by atoms with Crippen LogP contribution in [-0.2, 0) is 0 Å². The van der Waals surface area contributed by atoms with E-state index in [1.165, 1.54) is 4.52 Å². The Hall–Kier alpha value is -3.82. The number of nitrogens with zero attached hydrogens (tertiary/aromatic N) is 4. The number of amides is 1. The highest BCUT2D eigenvalue weighted by Gasteiger charge is 2.19. The van der Waals surface area contributed by atoms with Gasteiger partial charge < -0.3 is 20.3 Å². The Balaban J connectivity index is 1.65. The highest BCUT2D eigenvalue weighted by molar-refractivity contribution is 6.03. The minimum atomic E-state index is -0.952. The third-order valence-electron chi connectivity index (χ3n) is 4.56. The number of carbonyl (C=O) groups excluding carboxylic acids is 1. The minimum Gasteiger partial charge on any atom is -0.491 e. The third kappa shape index (κ3) is 4.52. The van der Waals surface area contributed by atoms with Gasteiger partial charge in [0.25, 0.3) is 5.91 Å². The maximum absolute atomic E-state index is 12.9. The first-order chi connectivity index (χ1) is 15.0. The van der Waals surface area contributed by atoms with E-state index in [1.54, 1.807) is 55.6 Å². The van der Waals surface area contributed by atoms with Crippen LogP contribution in [0.3, 0.4) is 0 Å². The van der Waals surface area contributed by atoms with Crippen LogP contribution in [0.1, 0.15) is 16.2 Å². The van der Waals surface area contributed by atoms with Gasteiger partial charge in [0, 0.05) is 11.8 Å². The molecule has 0 saturated carbocycles. The molecule has 0 aliphatic carbocycles. The van der Waals surface area contributed by atoms with E-state index in [-0.39, 0.29) is 19.1 Å². The van der Waals surface area contributed by atoms with Gasteiger partial charge in [-0.15, -0.1) is 0 Å². The lowest BCUT2D eigenvalue weighted by molar-refractivity contribution is 0.0536. The molecule has 0 fully saturated rings.